The first-order valence-electron chi connectivity index (χ1n) is 9.84. The van der Waals surface area contributed by atoms with Crippen molar-refractivity contribution in [1.82, 2.24) is 0 Å². The van der Waals surface area contributed by atoms with Gasteiger partial charge in [-0.1, -0.05) is 35.9 Å². The third kappa shape index (κ3) is 6.14. The van der Waals surface area contributed by atoms with Crippen molar-refractivity contribution in [2.75, 3.05) is 12.9 Å². The van der Waals surface area contributed by atoms with Crippen LogP contribution in [0.5, 0.6) is 5.75 Å². The van der Waals surface area contributed by atoms with Crippen LogP contribution in [0.15, 0.2) is 42.5 Å². The van der Waals surface area contributed by atoms with E-state index in [2.05, 4.69) is 18.2 Å². The molecule has 0 bridgehead atoms. The van der Waals surface area contributed by atoms with Crippen molar-refractivity contribution >= 4 is 29.3 Å². The van der Waals surface area contributed by atoms with Gasteiger partial charge in [0.1, 0.15) is 17.3 Å². The third-order valence-electron chi connectivity index (χ3n) is 4.91. The maximum Gasteiger partial charge on any atom is 0.302 e. The molecular weight excluding hydrogens is 408 g/mol. The number of thioether (sulfide) groups is 1. The highest BCUT2D eigenvalue weighted by molar-refractivity contribution is 7.99. The van der Waals surface area contributed by atoms with Gasteiger partial charge in [0.05, 0.1) is 12.7 Å². The fraction of sp³-hybridized carbons (Fsp3) is 0.435. The number of esters is 1. The Balaban J connectivity index is 1.77. The molecule has 3 rings (SSSR count). The predicted octanol–water partition coefficient (Wildman–Crippen LogP) is 5.80. The zero-order valence-electron chi connectivity index (χ0n) is 17.0. The largest absolute Gasteiger partial charge is 0.494 e. The van der Waals surface area contributed by atoms with Gasteiger partial charge in [-0.15, -0.1) is 11.8 Å². The van der Waals surface area contributed by atoms with Crippen LogP contribution >= 0.6 is 23.4 Å². The SMILES string of the molecule is CCOc1ccc(Cc2cc(C3CC(OC(C)=O)CC(SC)O3)ccc2Cl)cc1. The molecular formula is C23H27ClO4S. The van der Waals surface area contributed by atoms with E-state index in [9.17, 15) is 4.79 Å². The van der Waals surface area contributed by atoms with Gasteiger partial charge in [-0.2, -0.15) is 0 Å². The molecule has 1 aliphatic heterocycles. The minimum Gasteiger partial charge on any atom is -0.494 e. The molecule has 3 atom stereocenters. The molecule has 1 saturated heterocycles. The van der Waals surface area contributed by atoms with E-state index >= 15 is 0 Å². The molecule has 29 heavy (non-hydrogen) atoms. The highest BCUT2D eigenvalue weighted by atomic mass is 35.5. The number of hydrogen-bond donors (Lipinski definition) is 0. The van der Waals surface area contributed by atoms with E-state index in [1.54, 1.807) is 11.8 Å². The monoisotopic (exact) mass is 434 g/mol. The Bertz CT molecular complexity index is 824. The van der Waals surface area contributed by atoms with E-state index in [0.29, 0.717) is 19.4 Å². The van der Waals surface area contributed by atoms with Gasteiger partial charge in [0.2, 0.25) is 0 Å². The second kappa shape index (κ2) is 10.4. The summed E-state index contributed by atoms with van der Waals surface area (Å²) in [5.74, 6) is 0.620. The van der Waals surface area contributed by atoms with E-state index in [0.717, 1.165) is 33.9 Å². The van der Waals surface area contributed by atoms with E-state index in [-0.39, 0.29) is 23.6 Å². The van der Waals surface area contributed by atoms with Crippen LogP contribution in [-0.4, -0.2) is 30.4 Å². The average molecular weight is 435 g/mol. The molecule has 2 aromatic carbocycles. The van der Waals surface area contributed by atoms with Crippen LogP contribution in [0, 0.1) is 0 Å². The molecule has 0 saturated carbocycles. The number of hydrogen-bond acceptors (Lipinski definition) is 5. The maximum absolute atomic E-state index is 11.4. The summed E-state index contributed by atoms with van der Waals surface area (Å²) in [4.78, 5) is 11.4. The number of ether oxygens (including phenoxy) is 3. The van der Waals surface area contributed by atoms with Gasteiger partial charge in [0.25, 0.3) is 0 Å². The molecule has 2 aromatic rings. The van der Waals surface area contributed by atoms with Crippen molar-refractivity contribution in [2.24, 2.45) is 0 Å². The predicted molar refractivity (Wildman–Crippen MR) is 118 cm³/mol. The summed E-state index contributed by atoms with van der Waals surface area (Å²) >= 11 is 8.12. The Kier molecular flexibility index (Phi) is 7.87. The van der Waals surface area contributed by atoms with Crippen LogP contribution in [0.4, 0.5) is 0 Å². The number of halogens is 1. The summed E-state index contributed by atoms with van der Waals surface area (Å²) in [5.41, 5.74) is 3.28. The lowest BCUT2D eigenvalue weighted by molar-refractivity contribution is -0.155. The Morgan fingerprint density at radius 3 is 2.62 bits per heavy atom. The minimum atomic E-state index is -0.247. The summed E-state index contributed by atoms with van der Waals surface area (Å²) in [7, 11) is 0. The van der Waals surface area contributed by atoms with Gasteiger partial charge in [0, 0.05) is 24.8 Å². The highest BCUT2D eigenvalue weighted by Crippen LogP contribution is 2.37. The van der Waals surface area contributed by atoms with Crippen molar-refractivity contribution in [3.63, 3.8) is 0 Å². The number of carbonyl (C=O) groups excluding carboxylic acids is 1. The molecule has 0 spiro atoms. The van der Waals surface area contributed by atoms with Crippen LogP contribution in [0.3, 0.4) is 0 Å². The Hall–Kier alpha value is -1.69. The van der Waals surface area contributed by atoms with Crippen LogP contribution in [0.1, 0.15) is 49.5 Å². The molecule has 1 heterocycles. The van der Waals surface area contributed by atoms with Gasteiger partial charge in [0.15, 0.2) is 0 Å². The number of rotatable bonds is 7. The average Bonchev–Trinajstić information content (AvgIpc) is 2.70. The first-order valence-corrected chi connectivity index (χ1v) is 11.5. The summed E-state index contributed by atoms with van der Waals surface area (Å²) < 4.78 is 17.2. The van der Waals surface area contributed by atoms with Crippen LogP contribution in [0.25, 0.3) is 0 Å². The van der Waals surface area contributed by atoms with Crippen LogP contribution in [0.2, 0.25) is 5.02 Å². The first kappa shape index (κ1) is 22.0. The molecule has 4 nitrogen and oxygen atoms in total. The lowest BCUT2D eigenvalue weighted by Gasteiger charge is -2.34. The van der Waals surface area contributed by atoms with Crippen molar-refractivity contribution in [1.29, 1.82) is 0 Å². The van der Waals surface area contributed by atoms with Gasteiger partial charge in [-0.3, -0.25) is 4.79 Å². The smallest absolute Gasteiger partial charge is 0.302 e. The minimum absolute atomic E-state index is 0.00309. The van der Waals surface area contributed by atoms with Crippen LogP contribution < -0.4 is 4.74 Å². The van der Waals surface area contributed by atoms with Gasteiger partial charge < -0.3 is 14.2 Å². The van der Waals surface area contributed by atoms with Gasteiger partial charge >= 0.3 is 5.97 Å². The summed E-state index contributed by atoms with van der Waals surface area (Å²) in [6.45, 7) is 4.08. The van der Waals surface area contributed by atoms with E-state index < -0.39 is 0 Å². The van der Waals surface area contributed by atoms with Crippen molar-refractivity contribution in [3.05, 3.63) is 64.2 Å². The fourth-order valence-corrected chi connectivity index (χ4v) is 4.40. The number of carbonyl (C=O) groups is 1. The van der Waals surface area contributed by atoms with Crippen molar-refractivity contribution in [3.8, 4) is 5.75 Å². The molecule has 0 aliphatic carbocycles. The fourth-order valence-electron chi connectivity index (χ4n) is 3.56. The highest BCUT2D eigenvalue weighted by Gasteiger charge is 2.32. The standard InChI is InChI=1S/C23H27ClO4S/c1-4-26-19-8-5-16(6-9-19)11-18-12-17(7-10-21(18)24)22-13-20(27-15(2)25)14-23(28-22)29-3/h5-10,12,20,22-23H,4,11,13-14H2,1-3H3. The van der Waals surface area contributed by atoms with E-state index in [4.69, 9.17) is 25.8 Å². The Labute approximate surface area is 181 Å². The summed E-state index contributed by atoms with van der Waals surface area (Å²) in [6.07, 6.45) is 3.85. The maximum atomic E-state index is 11.4. The molecule has 6 heteroatoms. The van der Waals surface area contributed by atoms with E-state index in [1.807, 2.05) is 37.4 Å². The van der Waals surface area contributed by atoms with Gasteiger partial charge in [-0.25, -0.2) is 0 Å². The molecule has 0 aromatic heterocycles. The zero-order chi connectivity index (χ0) is 20.8. The summed E-state index contributed by atoms with van der Waals surface area (Å²) in [5, 5.41) is 0.733. The Morgan fingerprint density at radius 2 is 1.97 bits per heavy atom. The zero-order valence-corrected chi connectivity index (χ0v) is 18.6. The second-order valence-corrected chi connectivity index (χ2v) is 8.50. The molecule has 0 N–H and O–H groups in total. The molecule has 1 aliphatic rings. The molecule has 1 fully saturated rings. The molecule has 3 unspecified atom stereocenters. The molecule has 0 amide bonds. The van der Waals surface area contributed by atoms with Crippen molar-refractivity contribution in [2.45, 2.75) is 50.8 Å². The quantitative estimate of drug-likeness (QED) is 0.515. The van der Waals surface area contributed by atoms with Gasteiger partial charge in [-0.05, 0) is 54.5 Å². The molecule has 0 radical (unpaired) electrons. The lowest BCUT2D eigenvalue weighted by Crippen LogP contribution is -2.32. The Morgan fingerprint density at radius 1 is 1.21 bits per heavy atom. The number of benzene rings is 2. The van der Waals surface area contributed by atoms with Crippen LogP contribution in [-0.2, 0) is 20.7 Å². The lowest BCUT2D eigenvalue weighted by atomic mass is 9.95. The normalized spacial score (nSPS) is 21.6. The third-order valence-corrected chi connectivity index (χ3v) is 6.11. The van der Waals surface area contributed by atoms with E-state index in [1.165, 1.54) is 6.92 Å². The van der Waals surface area contributed by atoms with Crippen molar-refractivity contribution < 1.29 is 19.0 Å². The molecule has 156 valence electrons. The topological polar surface area (TPSA) is 44.8 Å². The summed E-state index contributed by atoms with van der Waals surface area (Å²) in [6, 6.07) is 14.1. The first-order chi connectivity index (χ1) is 14.0. The second-order valence-electron chi connectivity index (χ2n) is 7.10.